The van der Waals surface area contributed by atoms with Crippen LogP contribution in [0.1, 0.15) is 36.9 Å². The van der Waals surface area contributed by atoms with Crippen molar-refractivity contribution >= 4 is 16.9 Å². The normalized spacial score (nSPS) is 13.6. The van der Waals surface area contributed by atoms with Gasteiger partial charge in [-0.05, 0) is 24.6 Å². The number of nitrogens with zero attached hydrogens (tertiary/aromatic N) is 2. The average Bonchev–Trinajstić information content (AvgIpc) is 2.93. The molecule has 0 aliphatic carbocycles. The van der Waals surface area contributed by atoms with Crippen LogP contribution in [0.25, 0.3) is 11.0 Å². The van der Waals surface area contributed by atoms with Crippen LogP contribution in [0.4, 0.5) is 0 Å². The maximum Gasteiger partial charge on any atom is 0.223 e. The fraction of sp³-hybridized carbons (Fsp3) is 0.263. The lowest BCUT2D eigenvalue weighted by molar-refractivity contribution is -0.123. The second-order valence-corrected chi connectivity index (χ2v) is 5.94. The maximum atomic E-state index is 12.2. The summed E-state index contributed by atoms with van der Waals surface area (Å²) in [6.45, 7) is 1.90. The summed E-state index contributed by atoms with van der Waals surface area (Å²) >= 11 is 0. The molecule has 2 N–H and O–H groups in total. The molecule has 1 amide bonds. The van der Waals surface area contributed by atoms with Crippen molar-refractivity contribution in [1.82, 2.24) is 14.9 Å². The van der Waals surface area contributed by atoms with Gasteiger partial charge in [-0.15, -0.1) is 0 Å². The maximum absolute atomic E-state index is 12.2. The number of carbonyl (C=O) groups is 1. The van der Waals surface area contributed by atoms with Crippen LogP contribution in [-0.2, 0) is 11.8 Å². The lowest BCUT2D eigenvalue weighted by atomic mass is 10.1. The van der Waals surface area contributed by atoms with Crippen LogP contribution >= 0.6 is 0 Å². The van der Waals surface area contributed by atoms with Crippen LogP contribution in [0.5, 0.6) is 0 Å². The van der Waals surface area contributed by atoms with Gasteiger partial charge in [0.2, 0.25) is 5.91 Å². The van der Waals surface area contributed by atoms with Crippen LogP contribution in [0.3, 0.4) is 0 Å². The Balaban J connectivity index is 1.68. The number of imidazole rings is 1. The predicted molar refractivity (Wildman–Crippen MR) is 93.3 cm³/mol. The number of hydrogen-bond donors (Lipinski definition) is 2. The fourth-order valence-corrected chi connectivity index (χ4v) is 2.89. The highest BCUT2D eigenvalue weighted by Crippen LogP contribution is 2.20. The predicted octanol–water partition coefficient (Wildman–Crippen LogP) is 2.87. The molecule has 0 aliphatic heterocycles. The number of aliphatic hydroxyl groups excluding tert-OH is 1. The highest BCUT2D eigenvalue weighted by Gasteiger charge is 2.18. The molecule has 5 heteroatoms. The minimum atomic E-state index is -0.807. The van der Waals surface area contributed by atoms with Crippen molar-refractivity contribution in [2.24, 2.45) is 7.05 Å². The van der Waals surface area contributed by atoms with Gasteiger partial charge in [0.1, 0.15) is 5.82 Å². The fourth-order valence-electron chi connectivity index (χ4n) is 2.89. The number of aromatic nitrogens is 2. The first-order chi connectivity index (χ1) is 11.6. The van der Waals surface area contributed by atoms with Gasteiger partial charge in [0, 0.05) is 7.05 Å². The minimum Gasteiger partial charge on any atom is -0.388 e. The van der Waals surface area contributed by atoms with Crippen LogP contribution in [0.2, 0.25) is 0 Å². The Labute approximate surface area is 141 Å². The molecule has 1 heterocycles. The van der Waals surface area contributed by atoms with Crippen molar-refractivity contribution in [3.05, 3.63) is 66.0 Å². The van der Waals surface area contributed by atoms with Crippen molar-refractivity contribution in [3.8, 4) is 0 Å². The van der Waals surface area contributed by atoms with E-state index in [0.29, 0.717) is 0 Å². The van der Waals surface area contributed by atoms with Crippen LogP contribution in [-0.4, -0.2) is 20.6 Å². The molecule has 5 nitrogen and oxygen atoms in total. The summed E-state index contributed by atoms with van der Waals surface area (Å²) in [6, 6.07) is 16.8. The molecule has 2 atom stereocenters. The average molecular weight is 323 g/mol. The molecule has 0 fully saturated rings. The van der Waals surface area contributed by atoms with Crippen molar-refractivity contribution in [3.63, 3.8) is 0 Å². The molecule has 0 bridgehead atoms. The zero-order chi connectivity index (χ0) is 17.1. The lowest BCUT2D eigenvalue weighted by Gasteiger charge is -2.16. The molecule has 1 aromatic heterocycles. The first-order valence-corrected chi connectivity index (χ1v) is 8.00. The molecule has 0 aliphatic rings. The molecule has 0 saturated carbocycles. The smallest absolute Gasteiger partial charge is 0.223 e. The molecule has 0 radical (unpaired) electrons. The summed E-state index contributed by atoms with van der Waals surface area (Å²) in [4.78, 5) is 16.8. The number of aryl methyl sites for hydroxylation is 1. The van der Waals surface area contributed by atoms with Crippen molar-refractivity contribution in [1.29, 1.82) is 0 Å². The number of amides is 1. The Morgan fingerprint density at radius 3 is 2.54 bits per heavy atom. The van der Waals surface area contributed by atoms with Crippen molar-refractivity contribution in [2.75, 3.05) is 0 Å². The summed E-state index contributed by atoms with van der Waals surface area (Å²) in [5.41, 5.74) is 2.67. The molecule has 2 aromatic carbocycles. The van der Waals surface area contributed by atoms with Crippen LogP contribution < -0.4 is 5.32 Å². The Kier molecular flexibility index (Phi) is 4.62. The number of rotatable bonds is 5. The van der Waals surface area contributed by atoms with E-state index in [9.17, 15) is 9.90 Å². The number of para-hydroxylation sites is 2. The third kappa shape index (κ3) is 3.31. The quantitative estimate of drug-likeness (QED) is 0.759. The molecule has 24 heavy (non-hydrogen) atoms. The molecular formula is C19H21N3O2. The first-order valence-electron chi connectivity index (χ1n) is 8.00. The number of benzene rings is 2. The van der Waals surface area contributed by atoms with Gasteiger partial charge in [-0.3, -0.25) is 4.79 Å². The molecular weight excluding hydrogens is 302 g/mol. The summed E-state index contributed by atoms with van der Waals surface area (Å²) < 4.78 is 1.98. The number of fused-ring (bicyclic) bond motifs is 1. The van der Waals surface area contributed by atoms with Gasteiger partial charge in [0.15, 0.2) is 0 Å². The second-order valence-electron chi connectivity index (χ2n) is 5.94. The van der Waals surface area contributed by atoms with Crippen LogP contribution in [0, 0.1) is 0 Å². The third-order valence-electron chi connectivity index (χ3n) is 4.15. The van der Waals surface area contributed by atoms with Gasteiger partial charge in [0.05, 0.1) is 29.6 Å². The Bertz CT molecular complexity index is 842. The zero-order valence-corrected chi connectivity index (χ0v) is 13.8. The van der Waals surface area contributed by atoms with E-state index in [1.54, 1.807) is 0 Å². The number of aliphatic hydroxyl groups is 1. The second kappa shape index (κ2) is 6.84. The highest BCUT2D eigenvalue weighted by atomic mass is 16.3. The van der Waals surface area contributed by atoms with Gasteiger partial charge >= 0.3 is 0 Å². The highest BCUT2D eigenvalue weighted by molar-refractivity contribution is 5.78. The largest absolute Gasteiger partial charge is 0.388 e. The van der Waals surface area contributed by atoms with Crippen molar-refractivity contribution in [2.45, 2.75) is 25.5 Å². The van der Waals surface area contributed by atoms with E-state index in [0.717, 1.165) is 22.4 Å². The van der Waals surface area contributed by atoms with E-state index in [4.69, 9.17) is 0 Å². The summed E-state index contributed by atoms with van der Waals surface area (Å²) in [7, 11) is 1.94. The third-order valence-corrected chi connectivity index (χ3v) is 4.15. The Hall–Kier alpha value is -2.66. The summed E-state index contributed by atoms with van der Waals surface area (Å²) in [5, 5.41) is 13.1. The number of hydrogen-bond acceptors (Lipinski definition) is 3. The van der Waals surface area contributed by atoms with Gasteiger partial charge in [0.25, 0.3) is 0 Å². The van der Waals surface area contributed by atoms with E-state index in [1.807, 2.05) is 73.1 Å². The van der Waals surface area contributed by atoms with Gasteiger partial charge in [-0.25, -0.2) is 4.98 Å². The Morgan fingerprint density at radius 1 is 1.17 bits per heavy atom. The molecule has 124 valence electrons. The monoisotopic (exact) mass is 323 g/mol. The minimum absolute atomic E-state index is 0.0261. The molecule has 2 unspecified atom stereocenters. The zero-order valence-electron chi connectivity index (χ0n) is 13.8. The summed E-state index contributed by atoms with van der Waals surface area (Å²) in [6.07, 6.45) is -0.781. The molecule has 0 saturated heterocycles. The van der Waals surface area contributed by atoms with E-state index in [1.165, 1.54) is 0 Å². The Morgan fingerprint density at radius 2 is 1.83 bits per heavy atom. The van der Waals surface area contributed by atoms with Gasteiger partial charge in [-0.2, -0.15) is 0 Å². The van der Waals surface area contributed by atoms with E-state index in [-0.39, 0.29) is 18.4 Å². The standard InChI is InChI=1S/C19H21N3O2/c1-13(19-21-15-10-6-7-11-16(15)22(19)2)20-18(24)12-17(23)14-8-4-3-5-9-14/h3-11,13,17,23H,12H2,1-2H3,(H,20,24). The van der Waals surface area contributed by atoms with Gasteiger partial charge < -0.3 is 15.0 Å². The van der Waals surface area contributed by atoms with Gasteiger partial charge in [-0.1, -0.05) is 42.5 Å². The topological polar surface area (TPSA) is 67.2 Å². The molecule has 3 aromatic rings. The molecule has 3 rings (SSSR count). The van der Waals surface area contributed by atoms with E-state index in [2.05, 4.69) is 10.3 Å². The lowest BCUT2D eigenvalue weighted by Crippen LogP contribution is -2.29. The summed E-state index contributed by atoms with van der Waals surface area (Å²) in [5.74, 6) is 0.588. The molecule has 0 spiro atoms. The SMILES string of the molecule is CC(NC(=O)CC(O)c1ccccc1)c1nc2ccccc2n1C. The number of carbonyl (C=O) groups excluding carboxylic acids is 1. The van der Waals surface area contributed by atoms with E-state index < -0.39 is 6.10 Å². The first kappa shape index (κ1) is 16.2. The van der Waals surface area contributed by atoms with Crippen LogP contribution in [0.15, 0.2) is 54.6 Å². The number of nitrogens with one attached hydrogen (secondary N) is 1. The van der Waals surface area contributed by atoms with E-state index >= 15 is 0 Å². The van der Waals surface area contributed by atoms with Crippen molar-refractivity contribution < 1.29 is 9.90 Å².